The Kier molecular flexibility index (Phi) is 4.61. The lowest BCUT2D eigenvalue weighted by Crippen LogP contribution is -2.34. The van der Waals surface area contributed by atoms with Gasteiger partial charge in [0, 0.05) is 19.2 Å². The molecule has 0 aliphatic carbocycles. The van der Waals surface area contributed by atoms with Gasteiger partial charge < -0.3 is 4.90 Å². The van der Waals surface area contributed by atoms with Gasteiger partial charge in [0.1, 0.15) is 0 Å². The van der Waals surface area contributed by atoms with Crippen LogP contribution in [-0.2, 0) is 6.42 Å². The fourth-order valence-corrected chi connectivity index (χ4v) is 3.24. The van der Waals surface area contributed by atoms with Crippen molar-refractivity contribution in [2.45, 2.75) is 19.3 Å². The van der Waals surface area contributed by atoms with Gasteiger partial charge in [0.15, 0.2) is 10.3 Å². The van der Waals surface area contributed by atoms with E-state index < -0.39 is 0 Å². The minimum absolute atomic E-state index is 0.390. The van der Waals surface area contributed by atoms with Gasteiger partial charge in [-0.3, -0.25) is 0 Å². The van der Waals surface area contributed by atoms with Crippen molar-refractivity contribution in [2.75, 3.05) is 18.0 Å². The number of hydrogen-bond acceptors (Lipinski definition) is 3. The maximum absolute atomic E-state index is 6.12. The second-order valence-corrected chi connectivity index (χ2v) is 6.21. The topological polar surface area (TPSA) is 29.0 Å². The number of rotatable bonds is 3. The van der Waals surface area contributed by atoms with Crippen LogP contribution >= 0.6 is 23.2 Å². The molecule has 1 aromatic heterocycles. The quantitative estimate of drug-likeness (QED) is 0.846. The minimum atomic E-state index is 0.390. The normalized spacial score (nSPS) is 16.2. The first-order chi connectivity index (χ1) is 10.2. The first-order valence-electron chi connectivity index (χ1n) is 7.20. The molecular weight excluding hydrogens is 305 g/mol. The van der Waals surface area contributed by atoms with E-state index in [1.165, 1.54) is 5.56 Å². The molecule has 0 atom stereocenters. The molecule has 2 heterocycles. The summed E-state index contributed by atoms with van der Waals surface area (Å²) in [5.41, 5.74) is 2.32. The third-order valence-electron chi connectivity index (χ3n) is 4.02. The molecule has 0 radical (unpaired) electrons. The van der Waals surface area contributed by atoms with E-state index in [4.69, 9.17) is 23.2 Å². The predicted molar refractivity (Wildman–Crippen MR) is 87.1 cm³/mol. The molecule has 5 heteroatoms. The van der Waals surface area contributed by atoms with Gasteiger partial charge in [-0.25, -0.2) is 0 Å². The van der Waals surface area contributed by atoms with Crippen LogP contribution in [0.5, 0.6) is 0 Å². The van der Waals surface area contributed by atoms with Gasteiger partial charge in [0.2, 0.25) is 0 Å². The monoisotopic (exact) mass is 321 g/mol. The number of aromatic nitrogens is 2. The average Bonchev–Trinajstić information content (AvgIpc) is 2.52. The molecular formula is C16H17Cl2N3. The van der Waals surface area contributed by atoms with Gasteiger partial charge in [-0.2, -0.15) is 0 Å². The maximum atomic E-state index is 6.12. The molecule has 0 N–H and O–H groups in total. The number of anilines is 1. The van der Waals surface area contributed by atoms with Crippen LogP contribution in [-0.4, -0.2) is 23.3 Å². The fraction of sp³-hybridized carbons (Fsp3) is 0.375. The van der Waals surface area contributed by atoms with Crippen LogP contribution in [0.25, 0.3) is 0 Å². The zero-order chi connectivity index (χ0) is 14.7. The fourth-order valence-electron chi connectivity index (χ4n) is 2.89. The van der Waals surface area contributed by atoms with Crippen molar-refractivity contribution in [3.8, 4) is 0 Å². The zero-order valence-corrected chi connectivity index (χ0v) is 13.2. The zero-order valence-electron chi connectivity index (χ0n) is 11.7. The summed E-state index contributed by atoms with van der Waals surface area (Å²) < 4.78 is 0. The molecule has 2 aromatic rings. The second-order valence-electron chi connectivity index (χ2n) is 5.46. The number of halogens is 2. The maximum Gasteiger partial charge on any atom is 0.175 e. The van der Waals surface area contributed by atoms with Gasteiger partial charge in [-0.05, 0) is 30.7 Å². The highest BCUT2D eigenvalue weighted by Gasteiger charge is 2.22. The van der Waals surface area contributed by atoms with Gasteiger partial charge >= 0.3 is 0 Å². The minimum Gasteiger partial charge on any atom is -0.369 e. The first-order valence-corrected chi connectivity index (χ1v) is 7.95. The second kappa shape index (κ2) is 6.63. The smallest absolute Gasteiger partial charge is 0.175 e. The largest absolute Gasteiger partial charge is 0.369 e. The summed E-state index contributed by atoms with van der Waals surface area (Å²) in [6.45, 7) is 1.97. The summed E-state index contributed by atoms with van der Waals surface area (Å²) in [5, 5.41) is 8.47. The summed E-state index contributed by atoms with van der Waals surface area (Å²) in [6.07, 6.45) is 3.47. The summed E-state index contributed by atoms with van der Waals surface area (Å²) >= 11 is 12.0. The van der Waals surface area contributed by atoms with Crippen LogP contribution in [0.1, 0.15) is 18.4 Å². The van der Waals surface area contributed by atoms with E-state index in [1.807, 2.05) is 0 Å². The lowest BCUT2D eigenvalue weighted by molar-refractivity contribution is 0.403. The average molecular weight is 322 g/mol. The van der Waals surface area contributed by atoms with Crippen LogP contribution in [0.2, 0.25) is 10.3 Å². The number of piperidine rings is 1. The van der Waals surface area contributed by atoms with E-state index in [1.54, 1.807) is 6.07 Å². The highest BCUT2D eigenvalue weighted by atomic mass is 35.5. The molecule has 0 amide bonds. The molecule has 3 rings (SSSR count). The van der Waals surface area contributed by atoms with Gasteiger partial charge in [0.05, 0.1) is 5.69 Å². The molecule has 0 spiro atoms. The third kappa shape index (κ3) is 3.66. The molecule has 21 heavy (non-hydrogen) atoms. The molecule has 1 aliphatic rings. The Morgan fingerprint density at radius 2 is 1.76 bits per heavy atom. The van der Waals surface area contributed by atoms with E-state index in [9.17, 15) is 0 Å². The van der Waals surface area contributed by atoms with Crippen molar-refractivity contribution < 1.29 is 0 Å². The van der Waals surface area contributed by atoms with Crippen molar-refractivity contribution in [1.29, 1.82) is 0 Å². The molecule has 1 fully saturated rings. The Morgan fingerprint density at radius 1 is 1.05 bits per heavy atom. The molecule has 0 saturated carbocycles. The van der Waals surface area contributed by atoms with Gasteiger partial charge in [-0.1, -0.05) is 53.5 Å². The SMILES string of the molecule is Clc1cc(N2CCC(Cc3ccccc3)CC2)c(Cl)nn1. The van der Waals surface area contributed by atoms with E-state index in [0.29, 0.717) is 10.3 Å². The van der Waals surface area contributed by atoms with Crippen LogP contribution in [0, 0.1) is 5.92 Å². The molecule has 1 aliphatic heterocycles. The third-order valence-corrected chi connectivity index (χ3v) is 4.48. The molecule has 1 aromatic carbocycles. The molecule has 110 valence electrons. The van der Waals surface area contributed by atoms with E-state index in [2.05, 4.69) is 45.4 Å². The number of benzene rings is 1. The van der Waals surface area contributed by atoms with Gasteiger partial charge in [0.25, 0.3) is 0 Å². The predicted octanol–water partition coefficient (Wildman–Crippen LogP) is 4.24. The lowest BCUT2D eigenvalue weighted by Gasteiger charge is -2.33. The summed E-state index contributed by atoms with van der Waals surface area (Å²) in [6, 6.07) is 12.5. The van der Waals surface area contributed by atoms with Crippen LogP contribution in [0.4, 0.5) is 5.69 Å². The Labute approximate surface area is 134 Å². The Morgan fingerprint density at radius 3 is 2.48 bits per heavy atom. The van der Waals surface area contributed by atoms with Crippen molar-refractivity contribution in [2.24, 2.45) is 5.92 Å². The Balaban J connectivity index is 1.61. The van der Waals surface area contributed by atoms with E-state index in [0.717, 1.165) is 44.0 Å². The molecule has 0 bridgehead atoms. The highest BCUT2D eigenvalue weighted by molar-refractivity contribution is 6.33. The Hall–Kier alpha value is -1.32. The number of hydrogen-bond donors (Lipinski definition) is 0. The lowest BCUT2D eigenvalue weighted by atomic mass is 9.90. The number of nitrogens with zero attached hydrogens (tertiary/aromatic N) is 3. The standard InChI is InChI=1S/C16H17Cl2N3/c17-15-11-14(16(18)20-19-15)21-8-6-13(7-9-21)10-12-4-2-1-3-5-12/h1-5,11,13H,6-10H2. The van der Waals surface area contributed by atoms with Crippen LogP contribution in [0.3, 0.4) is 0 Å². The molecule has 0 unspecified atom stereocenters. The van der Waals surface area contributed by atoms with Crippen molar-refractivity contribution in [3.63, 3.8) is 0 Å². The van der Waals surface area contributed by atoms with Crippen molar-refractivity contribution >= 4 is 28.9 Å². The van der Waals surface area contributed by atoms with Crippen LogP contribution in [0.15, 0.2) is 36.4 Å². The van der Waals surface area contributed by atoms with Crippen molar-refractivity contribution in [3.05, 3.63) is 52.3 Å². The van der Waals surface area contributed by atoms with Crippen LogP contribution < -0.4 is 4.90 Å². The van der Waals surface area contributed by atoms with E-state index in [-0.39, 0.29) is 0 Å². The highest BCUT2D eigenvalue weighted by Crippen LogP contribution is 2.30. The molecule has 1 saturated heterocycles. The Bertz CT molecular complexity index is 596. The first kappa shape index (κ1) is 14.6. The summed E-state index contributed by atoms with van der Waals surface area (Å²) in [4.78, 5) is 2.25. The van der Waals surface area contributed by atoms with Crippen molar-refractivity contribution in [1.82, 2.24) is 10.2 Å². The summed E-state index contributed by atoms with van der Waals surface area (Å²) in [7, 11) is 0. The summed E-state index contributed by atoms with van der Waals surface area (Å²) in [5.74, 6) is 0.729. The molecule has 3 nitrogen and oxygen atoms in total. The van der Waals surface area contributed by atoms with Gasteiger partial charge in [-0.15, -0.1) is 10.2 Å². The van der Waals surface area contributed by atoms with E-state index >= 15 is 0 Å².